The van der Waals surface area contributed by atoms with Gasteiger partial charge in [0.05, 0.1) is 11.9 Å². The van der Waals surface area contributed by atoms with E-state index in [4.69, 9.17) is 4.42 Å². The van der Waals surface area contributed by atoms with Crippen molar-refractivity contribution >= 4 is 26.7 Å². The van der Waals surface area contributed by atoms with Crippen LogP contribution in [0.25, 0.3) is 22.3 Å². The Labute approximate surface area is 153 Å². The molecule has 3 aromatic rings. The molecule has 1 N–H and O–H groups in total. The maximum absolute atomic E-state index is 13.0. The fraction of sp³-hybridized carbons (Fsp3) is 0.263. The second-order valence-corrected chi connectivity index (χ2v) is 8.04. The van der Waals surface area contributed by atoms with Crippen molar-refractivity contribution in [2.24, 2.45) is 0 Å². The Hall–Kier alpha value is -2.38. The van der Waals surface area contributed by atoms with Gasteiger partial charge >= 0.3 is 0 Å². The Morgan fingerprint density at radius 3 is 2.19 bits per heavy atom. The molecule has 7 heteroatoms. The second kappa shape index (κ2) is 7.88. The van der Waals surface area contributed by atoms with Gasteiger partial charge in [-0.2, -0.15) is 0 Å². The molecule has 5 nitrogen and oxygen atoms in total. The monoisotopic (exact) mass is 378 g/mol. The topological polar surface area (TPSA) is 62.6 Å². The lowest BCUT2D eigenvalue weighted by molar-refractivity contribution is 0.600. The number of hydrogen-bond acceptors (Lipinski definition) is 4. The third kappa shape index (κ3) is 4.42. The molecule has 2 aromatic carbocycles. The summed E-state index contributed by atoms with van der Waals surface area (Å²) in [5.74, 6) is 0.302. The van der Waals surface area contributed by atoms with Crippen molar-refractivity contribution in [3.05, 3.63) is 53.8 Å². The van der Waals surface area contributed by atoms with Gasteiger partial charge in [0, 0.05) is 24.1 Å². The van der Waals surface area contributed by atoms with Crippen LogP contribution in [0.15, 0.2) is 46.9 Å². The van der Waals surface area contributed by atoms with Gasteiger partial charge in [-0.15, -0.1) is 0 Å². The van der Waals surface area contributed by atoms with Crippen LogP contribution in [-0.4, -0.2) is 35.8 Å². The number of furan rings is 1. The summed E-state index contributed by atoms with van der Waals surface area (Å²) in [7, 11) is 1.91. The first-order valence-electron chi connectivity index (χ1n) is 8.00. The third-order valence-electron chi connectivity index (χ3n) is 3.80. The zero-order chi connectivity index (χ0) is 19.5. The molecular formula is C19H23FN2O3S. The maximum Gasteiger partial charge on any atom is 0.232 e. The molecule has 0 saturated heterocycles. The Bertz CT molecular complexity index is 996. The molecule has 0 spiro atoms. The van der Waals surface area contributed by atoms with Crippen molar-refractivity contribution in [3.8, 4) is 11.3 Å². The Balaban J connectivity index is 0.000000758. The zero-order valence-corrected chi connectivity index (χ0v) is 16.3. The minimum absolute atomic E-state index is 0.308. The second-order valence-electron chi connectivity index (χ2n) is 6.02. The van der Waals surface area contributed by atoms with Gasteiger partial charge < -0.3 is 9.73 Å². The van der Waals surface area contributed by atoms with Gasteiger partial charge in [0.15, 0.2) is 0 Å². The predicted molar refractivity (Wildman–Crippen MR) is 105 cm³/mol. The van der Waals surface area contributed by atoms with Crippen LogP contribution < -0.4 is 9.62 Å². The largest absolute Gasteiger partial charge is 0.456 e. The third-order valence-corrected chi connectivity index (χ3v) is 4.99. The lowest BCUT2D eigenvalue weighted by Crippen LogP contribution is -2.25. The van der Waals surface area contributed by atoms with Gasteiger partial charge in [0.25, 0.3) is 0 Å². The maximum atomic E-state index is 13.0. The van der Waals surface area contributed by atoms with Gasteiger partial charge in [-0.05, 0) is 63.0 Å². The summed E-state index contributed by atoms with van der Waals surface area (Å²) in [6.45, 7) is 1.85. The van der Waals surface area contributed by atoms with Gasteiger partial charge in [-0.3, -0.25) is 4.31 Å². The van der Waals surface area contributed by atoms with Gasteiger partial charge in [-0.1, -0.05) is 0 Å². The summed E-state index contributed by atoms with van der Waals surface area (Å²) in [6.07, 6.45) is 1.16. The van der Waals surface area contributed by atoms with Crippen LogP contribution in [0.4, 0.5) is 10.1 Å². The fourth-order valence-electron chi connectivity index (χ4n) is 2.46. The molecule has 0 saturated carbocycles. The first kappa shape index (κ1) is 19.9. The van der Waals surface area contributed by atoms with Gasteiger partial charge in [0.1, 0.15) is 17.2 Å². The number of nitrogens with one attached hydrogen (secondary N) is 1. The normalized spacial score (nSPS) is 11.2. The highest BCUT2D eigenvalue weighted by molar-refractivity contribution is 7.92. The number of rotatable bonds is 3. The molecule has 140 valence electrons. The molecule has 0 fully saturated rings. The van der Waals surface area contributed by atoms with Gasteiger partial charge in [0.2, 0.25) is 10.0 Å². The molecule has 0 aliphatic heterocycles. The van der Waals surface area contributed by atoms with E-state index < -0.39 is 10.0 Å². The number of fused-ring (bicyclic) bond motifs is 1. The van der Waals surface area contributed by atoms with Crippen molar-refractivity contribution in [1.29, 1.82) is 0 Å². The number of aryl methyl sites for hydroxylation is 1. The smallest absolute Gasteiger partial charge is 0.232 e. The summed E-state index contributed by atoms with van der Waals surface area (Å²) in [5, 5.41) is 3.62. The molecule has 1 heterocycles. The molecule has 0 aliphatic carbocycles. The summed E-state index contributed by atoms with van der Waals surface area (Å²) >= 11 is 0. The molecule has 0 unspecified atom stereocenters. The van der Waals surface area contributed by atoms with E-state index >= 15 is 0 Å². The van der Waals surface area contributed by atoms with E-state index in [0.717, 1.165) is 22.8 Å². The molecule has 0 radical (unpaired) electrons. The Morgan fingerprint density at radius 2 is 1.65 bits per heavy atom. The van der Waals surface area contributed by atoms with Gasteiger partial charge in [-0.25, -0.2) is 12.8 Å². The first-order chi connectivity index (χ1) is 12.2. The van der Waals surface area contributed by atoms with E-state index in [-0.39, 0.29) is 5.82 Å². The molecule has 0 atom stereocenters. The van der Waals surface area contributed by atoms with Crippen LogP contribution in [0, 0.1) is 12.7 Å². The van der Waals surface area contributed by atoms with Crippen LogP contribution in [0.5, 0.6) is 0 Å². The van der Waals surface area contributed by atoms with Crippen molar-refractivity contribution in [2.45, 2.75) is 6.92 Å². The molecule has 0 aliphatic rings. The van der Waals surface area contributed by atoms with Crippen molar-refractivity contribution in [2.75, 3.05) is 31.7 Å². The molecule has 0 bridgehead atoms. The molecule has 3 rings (SSSR count). The van der Waals surface area contributed by atoms with Crippen molar-refractivity contribution < 1.29 is 17.2 Å². The summed E-state index contributed by atoms with van der Waals surface area (Å²) < 4.78 is 43.5. The highest BCUT2D eigenvalue weighted by Crippen LogP contribution is 2.33. The lowest BCUT2D eigenvalue weighted by atomic mass is 10.1. The van der Waals surface area contributed by atoms with Crippen molar-refractivity contribution in [1.82, 2.24) is 5.32 Å². The Morgan fingerprint density at radius 1 is 1.08 bits per heavy atom. The number of anilines is 1. The van der Waals surface area contributed by atoms with Crippen LogP contribution in [0.3, 0.4) is 0 Å². The van der Waals surface area contributed by atoms with Crippen LogP contribution >= 0.6 is 0 Å². The van der Waals surface area contributed by atoms with E-state index in [9.17, 15) is 12.8 Å². The number of halogens is 1. The van der Waals surface area contributed by atoms with Crippen LogP contribution in [0.2, 0.25) is 0 Å². The quantitative estimate of drug-likeness (QED) is 0.753. The molecular weight excluding hydrogens is 355 g/mol. The van der Waals surface area contributed by atoms with E-state index in [1.807, 2.05) is 33.2 Å². The number of benzene rings is 2. The summed E-state index contributed by atoms with van der Waals surface area (Å²) in [4.78, 5) is 0. The number of hydrogen-bond donors (Lipinski definition) is 1. The minimum atomic E-state index is -3.35. The molecule has 1 aromatic heterocycles. The lowest BCUT2D eigenvalue weighted by Gasteiger charge is -2.18. The fourth-order valence-corrected chi connectivity index (χ4v) is 3.02. The van der Waals surface area contributed by atoms with Crippen molar-refractivity contribution in [3.63, 3.8) is 0 Å². The number of nitrogens with zero attached hydrogens (tertiary/aromatic N) is 1. The molecule has 0 amide bonds. The first-order valence-corrected chi connectivity index (χ1v) is 9.84. The van der Waals surface area contributed by atoms with Crippen LogP contribution in [-0.2, 0) is 10.0 Å². The SMILES string of the molecule is CNC.Cc1cc2cc(-c3ccc(F)cc3)oc2cc1N(C)S(C)(=O)=O. The summed E-state index contributed by atoms with van der Waals surface area (Å²) in [5.41, 5.74) is 2.75. The standard InChI is InChI=1S/C17H16FNO3S.C2H7N/c1-11-8-13-9-16(12-4-6-14(18)7-5-12)22-17(13)10-15(11)19(2)23(3,20)21;1-3-2/h4-10H,1-3H3;3H,1-2H3. The van der Waals surface area contributed by atoms with Crippen LogP contribution in [0.1, 0.15) is 5.56 Å². The Kier molecular flexibility index (Phi) is 6.05. The summed E-state index contributed by atoms with van der Waals surface area (Å²) in [6, 6.07) is 11.5. The zero-order valence-electron chi connectivity index (χ0n) is 15.5. The molecule has 26 heavy (non-hydrogen) atoms. The highest BCUT2D eigenvalue weighted by atomic mass is 32.2. The van der Waals surface area contributed by atoms with E-state index in [1.54, 1.807) is 18.2 Å². The average Bonchev–Trinajstić information content (AvgIpc) is 2.96. The predicted octanol–water partition coefficient (Wildman–Crippen LogP) is 3.78. The highest BCUT2D eigenvalue weighted by Gasteiger charge is 2.17. The van der Waals surface area contributed by atoms with E-state index in [2.05, 4.69) is 5.32 Å². The number of sulfonamides is 1. The van der Waals surface area contributed by atoms with E-state index in [0.29, 0.717) is 17.0 Å². The average molecular weight is 378 g/mol. The minimum Gasteiger partial charge on any atom is -0.456 e. The van der Waals surface area contributed by atoms with E-state index in [1.165, 1.54) is 23.5 Å².